The molecule has 5 aliphatic rings. The summed E-state index contributed by atoms with van der Waals surface area (Å²) in [5.74, 6) is 1.58. The molecule has 6 nitrogen and oxygen atoms in total. The Balaban J connectivity index is 1.09. The van der Waals surface area contributed by atoms with Gasteiger partial charge in [0.2, 0.25) is 17.7 Å². The molecule has 2 aromatic carbocycles. The van der Waals surface area contributed by atoms with E-state index in [0.717, 1.165) is 23.3 Å². The van der Waals surface area contributed by atoms with Gasteiger partial charge in [0, 0.05) is 5.69 Å². The first kappa shape index (κ1) is 20.2. The van der Waals surface area contributed by atoms with Gasteiger partial charge in [-0.15, -0.1) is 0 Å². The van der Waals surface area contributed by atoms with Crippen LogP contribution in [-0.4, -0.2) is 29.2 Å². The average Bonchev–Trinajstić information content (AvgIpc) is 3.55. The number of imide groups is 1. The van der Waals surface area contributed by atoms with Crippen LogP contribution in [0.2, 0.25) is 0 Å². The van der Waals surface area contributed by atoms with Gasteiger partial charge in [0.15, 0.2) is 0 Å². The van der Waals surface area contributed by atoms with E-state index in [1.54, 1.807) is 24.3 Å². The molecular weight excluding hydrogens is 416 g/mol. The molecule has 2 bridgehead atoms. The molecule has 0 radical (unpaired) electrons. The van der Waals surface area contributed by atoms with Gasteiger partial charge in [0.1, 0.15) is 18.0 Å². The summed E-state index contributed by atoms with van der Waals surface area (Å²) in [7, 11) is 0. The molecule has 1 N–H and O–H groups in total. The first-order valence-corrected chi connectivity index (χ1v) is 11.6. The van der Waals surface area contributed by atoms with E-state index in [1.807, 2.05) is 26.0 Å². The minimum atomic E-state index is -0.371. The molecule has 0 unspecified atom stereocenters. The molecule has 6 atom stereocenters. The standard InChI is InChI=1S/C27H26N2O4/c1-14-9-15(2)11-18(10-14)33-17-5-3-16(4-6-17)28-23(30)13-29-26(31)24-19-7-8-20(22-12-21(19)22)25(24)27(29)32/h3-11,19-22,24-25H,12-13H2,1-2H3,(H,28,30)/t19-,20-,21-,22+,24-,25-/m1/s1. The topological polar surface area (TPSA) is 75.7 Å². The van der Waals surface area contributed by atoms with Gasteiger partial charge in [0.05, 0.1) is 11.8 Å². The molecule has 1 saturated heterocycles. The third-order valence-electron chi connectivity index (χ3n) is 7.62. The third kappa shape index (κ3) is 3.36. The van der Waals surface area contributed by atoms with Gasteiger partial charge in [-0.05, 0) is 91.5 Å². The lowest BCUT2D eigenvalue weighted by molar-refractivity contribution is -0.142. The van der Waals surface area contributed by atoms with E-state index in [-0.39, 0.29) is 47.9 Å². The van der Waals surface area contributed by atoms with E-state index in [1.165, 1.54) is 4.90 Å². The Morgan fingerprint density at radius 3 is 2.06 bits per heavy atom. The molecule has 1 aliphatic heterocycles. The van der Waals surface area contributed by atoms with Crippen molar-refractivity contribution >= 4 is 23.4 Å². The molecule has 4 aliphatic carbocycles. The van der Waals surface area contributed by atoms with E-state index >= 15 is 0 Å². The molecular formula is C27H26N2O4. The monoisotopic (exact) mass is 442 g/mol. The fourth-order valence-electron chi connectivity index (χ4n) is 6.25. The molecule has 2 saturated carbocycles. The zero-order valence-corrected chi connectivity index (χ0v) is 18.7. The number of benzene rings is 2. The summed E-state index contributed by atoms with van der Waals surface area (Å²) in [4.78, 5) is 39.9. The van der Waals surface area contributed by atoms with E-state index in [4.69, 9.17) is 4.74 Å². The number of hydrogen-bond acceptors (Lipinski definition) is 4. The molecule has 0 aromatic heterocycles. The van der Waals surface area contributed by atoms with Crippen LogP contribution >= 0.6 is 0 Å². The van der Waals surface area contributed by atoms with E-state index in [9.17, 15) is 14.4 Å². The number of aryl methyl sites for hydroxylation is 2. The van der Waals surface area contributed by atoms with Gasteiger partial charge in [-0.25, -0.2) is 0 Å². The molecule has 0 spiro atoms. The fraction of sp³-hybridized carbons (Fsp3) is 0.370. The quantitative estimate of drug-likeness (QED) is 0.559. The van der Waals surface area contributed by atoms with Crippen molar-refractivity contribution in [1.29, 1.82) is 0 Å². The minimum absolute atomic E-state index is 0.166. The highest BCUT2D eigenvalue weighted by Gasteiger charge is 2.67. The number of allylic oxidation sites excluding steroid dienone is 2. The summed E-state index contributed by atoms with van der Waals surface area (Å²) in [6.07, 6.45) is 5.40. The fourth-order valence-corrected chi connectivity index (χ4v) is 6.25. The number of nitrogens with zero attached hydrogens (tertiary/aromatic N) is 1. The smallest absolute Gasteiger partial charge is 0.244 e. The molecule has 3 fully saturated rings. The Hall–Kier alpha value is -3.41. The lowest BCUT2D eigenvalue weighted by Crippen LogP contribution is -2.40. The van der Waals surface area contributed by atoms with E-state index < -0.39 is 0 Å². The highest BCUT2D eigenvalue weighted by molar-refractivity contribution is 6.09. The average molecular weight is 443 g/mol. The lowest BCUT2D eigenvalue weighted by Gasteiger charge is -2.37. The van der Waals surface area contributed by atoms with Gasteiger partial charge < -0.3 is 10.1 Å². The summed E-state index contributed by atoms with van der Waals surface area (Å²) in [5, 5.41) is 2.80. The molecule has 6 heteroatoms. The number of carbonyl (C=O) groups is 3. The van der Waals surface area contributed by atoms with Crippen LogP contribution in [-0.2, 0) is 14.4 Å². The molecule has 33 heavy (non-hydrogen) atoms. The van der Waals surface area contributed by atoms with E-state index in [2.05, 4.69) is 23.5 Å². The van der Waals surface area contributed by atoms with Crippen molar-refractivity contribution in [2.24, 2.45) is 35.5 Å². The zero-order valence-electron chi connectivity index (χ0n) is 18.7. The number of anilines is 1. The van der Waals surface area contributed by atoms with Gasteiger partial charge in [-0.2, -0.15) is 0 Å². The van der Waals surface area contributed by atoms with Crippen molar-refractivity contribution in [1.82, 2.24) is 4.90 Å². The second-order valence-corrected chi connectivity index (χ2v) is 9.92. The van der Waals surface area contributed by atoms with Crippen LogP contribution in [0.15, 0.2) is 54.6 Å². The third-order valence-corrected chi connectivity index (χ3v) is 7.62. The molecule has 2 aromatic rings. The highest BCUT2D eigenvalue weighted by atomic mass is 16.5. The summed E-state index contributed by atoms with van der Waals surface area (Å²) in [6.45, 7) is 3.81. The molecule has 3 amide bonds. The predicted octanol–water partition coefficient (Wildman–Crippen LogP) is 4.09. The second-order valence-electron chi connectivity index (χ2n) is 9.92. The Bertz CT molecular complexity index is 1140. The summed E-state index contributed by atoms with van der Waals surface area (Å²) in [5.41, 5.74) is 2.84. The maximum atomic E-state index is 13.0. The number of ether oxygens (including phenoxy) is 1. The van der Waals surface area contributed by atoms with Crippen LogP contribution in [0.1, 0.15) is 17.5 Å². The van der Waals surface area contributed by atoms with Crippen LogP contribution in [0.4, 0.5) is 5.69 Å². The Labute approximate surface area is 192 Å². The lowest BCUT2D eigenvalue weighted by atomic mass is 9.63. The molecule has 7 rings (SSSR count). The minimum Gasteiger partial charge on any atom is -0.457 e. The van der Waals surface area contributed by atoms with Gasteiger partial charge in [-0.1, -0.05) is 18.2 Å². The van der Waals surface area contributed by atoms with Gasteiger partial charge >= 0.3 is 0 Å². The van der Waals surface area contributed by atoms with Crippen molar-refractivity contribution in [3.05, 3.63) is 65.7 Å². The van der Waals surface area contributed by atoms with Crippen LogP contribution in [0.5, 0.6) is 11.5 Å². The normalized spacial score (nSPS) is 30.8. The van der Waals surface area contributed by atoms with Crippen molar-refractivity contribution < 1.29 is 19.1 Å². The van der Waals surface area contributed by atoms with Crippen LogP contribution < -0.4 is 10.1 Å². The van der Waals surface area contributed by atoms with Crippen LogP contribution in [0.25, 0.3) is 0 Å². The highest BCUT2D eigenvalue weighted by Crippen LogP contribution is 2.65. The summed E-state index contributed by atoms with van der Waals surface area (Å²) in [6, 6.07) is 13.1. The maximum absolute atomic E-state index is 13.0. The van der Waals surface area contributed by atoms with Crippen molar-refractivity contribution in [3.63, 3.8) is 0 Å². The maximum Gasteiger partial charge on any atom is 0.244 e. The Morgan fingerprint density at radius 2 is 1.48 bits per heavy atom. The largest absolute Gasteiger partial charge is 0.457 e. The van der Waals surface area contributed by atoms with Crippen molar-refractivity contribution in [3.8, 4) is 11.5 Å². The van der Waals surface area contributed by atoms with Crippen LogP contribution in [0, 0.1) is 49.4 Å². The van der Waals surface area contributed by atoms with Gasteiger partial charge in [0.25, 0.3) is 0 Å². The Kier molecular flexibility index (Phi) is 4.47. The molecule has 1 heterocycles. The van der Waals surface area contributed by atoms with Crippen molar-refractivity contribution in [2.45, 2.75) is 20.3 Å². The number of amides is 3. The number of carbonyl (C=O) groups excluding carboxylic acids is 3. The predicted molar refractivity (Wildman–Crippen MR) is 122 cm³/mol. The first-order valence-electron chi connectivity index (χ1n) is 11.6. The second kappa shape index (κ2) is 7.30. The zero-order chi connectivity index (χ0) is 22.9. The summed E-state index contributed by atoms with van der Waals surface area (Å²) < 4.78 is 5.91. The van der Waals surface area contributed by atoms with Crippen LogP contribution in [0.3, 0.4) is 0 Å². The number of rotatable bonds is 5. The summed E-state index contributed by atoms with van der Waals surface area (Å²) >= 11 is 0. The molecule has 168 valence electrons. The Morgan fingerprint density at radius 1 is 0.909 bits per heavy atom. The van der Waals surface area contributed by atoms with E-state index in [0.29, 0.717) is 23.3 Å². The first-order chi connectivity index (χ1) is 15.9. The SMILES string of the molecule is Cc1cc(C)cc(Oc2ccc(NC(=O)CN3C(=O)[C@@H]4[C@@H]5C=C[C@H]([C@@H]6C[C@H]56)[C@H]4C3=O)cc2)c1. The van der Waals surface area contributed by atoms with Crippen molar-refractivity contribution in [2.75, 3.05) is 11.9 Å². The number of likely N-dealkylation sites (tertiary alicyclic amines) is 1. The number of nitrogens with one attached hydrogen (secondary N) is 1. The van der Waals surface area contributed by atoms with Gasteiger partial charge in [-0.3, -0.25) is 19.3 Å². The number of hydrogen-bond donors (Lipinski definition) is 1.